The van der Waals surface area contributed by atoms with Crippen LogP contribution in [-0.4, -0.2) is 29.2 Å². The van der Waals surface area contributed by atoms with E-state index in [-0.39, 0.29) is 6.04 Å². The van der Waals surface area contributed by atoms with Crippen LogP contribution in [-0.2, 0) is 0 Å². The Bertz CT molecular complexity index is 851. The lowest BCUT2D eigenvalue weighted by Crippen LogP contribution is -2.41. The molecule has 5 nitrogen and oxygen atoms in total. The summed E-state index contributed by atoms with van der Waals surface area (Å²) >= 11 is 1.49. The number of fused-ring (bicyclic) bond motifs is 3. The van der Waals surface area contributed by atoms with Gasteiger partial charge in [0.25, 0.3) is 0 Å². The van der Waals surface area contributed by atoms with Gasteiger partial charge in [-0.1, -0.05) is 18.2 Å². The van der Waals surface area contributed by atoms with Crippen LogP contribution in [0, 0.1) is 4.91 Å². The molecule has 0 amide bonds. The van der Waals surface area contributed by atoms with Gasteiger partial charge in [-0.05, 0) is 35.7 Å². The van der Waals surface area contributed by atoms with Gasteiger partial charge in [0, 0.05) is 11.6 Å². The molecule has 3 heterocycles. The third kappa shape index (κ3) is 2.31. The Labute approximate surface area is 137 Å². The summed E-state index contributed by atoms with van der Waals surface area (Å²) in [7, 11) is 0. The highest BCUT2D eigenvalue weighted by molar-refractivity contribution is 7.11. The molecule has 0 fully saturated rings. The Morgan fingerprint density at radius 1 is 1.35 bits per heavy atom. The van der Waals surface area contributed by atoms with Gasteiger partial charge in [-0.15, -0.1) is 16.2 Å². The van der Waals surface area contributed by atoms with Crippen molar-refractivity contribution in [3.8, 4) is 0 Å². The van der Waals surface area contributed by atoms with E-state index in [0.717, 1.165) is 34.3 Å². The van der Waals surface area contributed by atoms with Gasteiger partial charge in [0.1, 0.15) is 17.4 Å². The first-order valence-corrected chi connectivity index (χ1v) is 8.26. The van der Waals surface area contributed by atoms with Crippen LogP contribution in [0.1, 0.15) is 17.4 Å². The van der Waals surface area contributed by atoms with E-state index in [1.807, 2.05) is 41.8 Å². The minimum atomic E-state index is 0.213. The van der Waals surface area contributed by atoms with Crippen LogP contribution in [0.25, 0.3) is 5.70 Å². The van der Waals surface area contributed by atoms with Crippen molar-refractivity contribution in [3.63, 3.8) is 0 Å². The number of nitroso groups, excluding NO2 is 1. The predicted octanol–water partition coefficient (Wildman–Crippen LogP) is 4.05. The summed E-state index contributed by atoms with van der Waals surface area (Å²) in [6, 6.07) is 11.9. The van der Waals surface area contributed by atoms with E-state index >= 15 is 0 Å². The Balaban J connectivity index is 1.86. The Hall–Kier alpha value is -2.60. The second kappa shape index (κ2) is 5.55. The van der Waals surface area contributed by atoms with Crippen LogP contribution in [0.2, 0.25) is 0 Å². The number of amidine groups is 2. The molecule has 0 saturated heterocycles. The van der Waals surface area contributed by atoms with Crippen molar-refractivity contribution < 1.29 is 0 Å². The molecule has 2 aliphatic heterocycles. The molecule has 114 valence electrons. The molecule has 6 heteroatoms. The molecule has 2 aliphatic rings. The first kappa shape index (κ1) is 14.0. The fourth-order valence-corrected chi connectivity index (χ4v) is 3.54. The number of aliphatic imine (C=N–C) groups is 2. The van der Waals surface area contributed by atoms with E-state index in [1.54, 1.807) is 6.08 Å². The maximum absolute atomic E-state index is 11.3. The maximum Gasteiger partial charge on any atom is 0.139 e. The van der Waals surface area contributed by atoms with Crippen molar-refractivity contribution in [1.29, 1.82) is 0 Å². The van der Waals surface area contributed by atoms with Gasteiger partial charge in [0.2, 0.25) is 0 Å². The van der Waals surface area contributed by atoms with Crippen molar-refractivity contribution in [2.45, 2.75) is 13.0 Å². The highest BCUT2D eigenvalue weighted by Crippen LogP contribution is 2.32. The monoisotopic (exact) mass is 322 g/mol. The summed E-state index contributed by atoms with van der Waals surface area (Å²) in [5.41, 5.74) is 2.31. The average Bonchev–Trinajstić information content (AvgIpc) is 3.23. The summed E-state index contributed by atoms with van der Waals surface area (Å²) in [5.74, 6) is 1.64. The van der Waals surface area contributed by atoms with E-state index in [9.17, 15) is 4.91 Å². The molecule has 0 radical (unpaired) electrons. The molecule has 4 rings (SSSR count). The van der Waals surface area contributed by atoms with Crippen molar-refractivity contribution in [2.24, 2.45) is 15.2 Å². The maximum atomic E-state index is 11.3. The van der Waals surface area contributed by atoms with E-state index in [0.29, 0.717) is 5.70 Å². The first-order chi connectivity index (χ1) is 11.3. The molecule has 2 aromatic rings. The Morgan fingerprint density at radius 3 is 3.00 bits per heavy atom. The summed E-state index contributed by atoms with van der Waals surface area (Å²) in [4.78, 5) is 23.6. The molecule has 0 aliphatic carbocycles. The van der Waals surface area contributed by atoms with Crippen LogP contribution < -0.4 is 0 Å². The SMILES string of the molecule is CC1CN=C2c3ccccc3N=C(/C=C(\N=O)c3cccs3)N21. The quantitative estimate of drug-likeness (QED) is 0.800. The van der Waals surface area contributed by atoms with Crippen LogP contribution in [0.15, 0.2) is 63.0 Å². The minimum Gasteiger partial charge on any atom is -0.306 e. The summed E-state index contributed by atoms with van der Waals surface area (Å²) < 4.78 is 0. The van der Waals surface area contributed by atoms with Gasteiger partial charge in [-0.2, -0.15) is 0 Å². The Kier molecular flexibility index (Phi) is 3.38. The summed E-state index contributed by atoms with van der Waals surface area (Å²) in [6.45, 7) is 2.83. The second-order valence-corrected chi connectivity index (χ2v) is 6.42. The standard InChI is InChI=1S/C17H14N4OS/c1-11-10-18-17-12-5-2-3-6-13(12)19-16(21(11)17)9-14(20-22)15-7-4-8-23-15/h2-9,11H,10H2,1H3/b14-9-. The number of benzene rings is 1. The normalized spacial score (nSPS) is 19.8. The van der Waals surface area contributed by atoms with E-state index in [2.05, 4.69) is 22.0 Å². The largest absolute Gasteiger partial charge is 0.306 e. The van der Waals surface area contributed by atoms with E-state index < -0.39 is 0 Å². The zero-order chi connectivity index (χ0) is 15.8. The molecule has 1 aromatic carbocycles. The molecule has 0 saturated carbocycles. The first-order valence-electron chi connectivity index (χ1n) is 7.38. The zero-order valence-electron chi connectivity index (χ0n) is 12.5. The van der Waals surface area contributed by atoms with E-state index in [1.165, 1.54) is 11.3 Å². The predicted molar refractivity (Wildman–Crippen MR) is 94.3 cm³/mol. The third-order valence-electron chi connectivity index (χ3n) is 3.94. The number of rotatable bonds is 3. The zero-order valence-corrected chi connectivity index (χ0v) is 13.3. The van der Waals surface area contributed by atoms with Gasteiger partial charge in [0.05, 0.1) is 23.2 Å². The molecule has 1 unspecified atom stereocenters. The number of thiophene rings is 1. The highest BCUT2D eigenvalue weighted by atomic mass is 32.1. The van der Waals surface area contributed by atoms with Gasteiger partial charge in [-0.25, -0.2) is 4.99 Å². The number of hydrogen-bond donors (Lipinski definition) is 0. The fourth-order valence-electron chi connectivity index (χ4n) is 2.86. The van der Waals surface area contributed by atoms with Crippen molar-refractivity contribution in [3.05, 3.63) is 63.2 Å². The van der Waals surface area contributed by atoms with E-state index in [4.69, 9.17) is 4.99 Å². The summed E-state index contributed by atoms with van der Waals surface area (Å²) in [5, 5.41) is 5.12. The van der Waals surface area contributed by atoms with Gasteiger partial charge >= 0.3 is 0 Å². The lowest BCUT2D eigenvalue weighted by molar-refractivity contribution is 0.514. The number of nitrogens with zero attached hydrogens (tertiary/aromatic N) is 4. The number of para-hydroxylation sites is 1. The topological polar surface area (TPSA) is 57.4 Å². The van der Waals surface area contributed by atoms with Crippen molar-refractivity contribution in [2.75, 3.05) is 6.54 Å². The van der Waals surface area contributed by atoms with Crippen LogP contribution in [0.4, 0.5) is 5.69 Å². The number of hydrogen-bond acceptors (Lipinski definition) is 6. The molecule has 23 heavy (non-hydrogen) atoms. The third-order valence-corrected chi connectivity index (χ3v) is 4.83. The van der Waals surface area contributed by atoms with Crippen molar-refractivity contribution >= 4 is 34.4 Å². The van der Waals surface area contributed by atoms with Crippen molar-refractivity contribution in [1.82, 2.24) is 4.90 Å². The smallest absolute Gasteiger partial charge is 0.139 e. The van der Waals surface area contributed by atoms with Gasteiger partial charge < -0.3 is 4.90 Å². The summed E-state index contributed by atoms with van der Waals surface area (Å²) in [6.07, 6.45) is 1.76. The molecular formula is C17H14N4OS. The van der Waals surface area contributed by atoms with Crippen LogP contribution >= 0.6 is 11.3 Å². The second-order valence-electron chi connectivity index (χ2n) is 5.47. The molecule has 0 N–H and O–H groups in total. The lowest BCUT2D eigenvalue weighted by atomic mass is 10.1. The van der Waals surface area contributed by atoms with Crippen LogP contribution in [0.5, 0.6) is 0 Å². The van der Waals surface area contributed by atoms with Crippen LogP contribution in [0.3, 0.4) is 0 Å². The molecular weight excluding hydrogens is 308 g/mol. The lowest BCUT2D eigenvalue weighted by Gasteiger charge is -2.29. The fraction of sp³-hybridized carbons (Fsp3) is 0.176. The molecule has 1 atom stereocenters. The van der Waals surface area contributed by atoms with Gasteiger partial charge in [-0.3, -0.25) is 4.99 Å². The highest BCUT2D eigenvalue weighted by Gasteiger charge is 2.33. The minimum absolute atomic E-state index is 0.213. The molecule has 0 spiro atoms. The molecule has 1 aromatic heterocycles. The Morgan fingerprint density at radius 2 is 2.22 bits per heavy atom. The molecule has 0 bridgehead atoms. The van der Waals surface area contributed by atoms with Gasteiger partial charge in [0.15, 0.2) is 0 Å². The average molecular weight is 322 g/mol.